The number of thioether (sulfide) groups is 1. The number of rotatable bonds is 6. The van der Waals surface area contributed by atoms with E-state index in [1.54, 1.807) is 0 Å². The van der Waals surface area contributed by atoms with Gasteiger partial charge in [0.25, 0.3) is 0 Å². The molecule has 90 valence electrons. The fraction of sp³-hybridized carbons (Fsp3) is 0.538. The predicted octanol–water partition coefficient (Wildman–Crippen LogP) is 3.34. The largest absolute Gasteiger partial charge is 0.380 e. The van der Waals surface area contributed by atoms with E-state index in [-0.39, 0.29) is 5.54 Å². The molecule has 0 fully saturated rings. The van der Waals surface area contributed by atoms with Crippen molar-refractivity contribution >= 4 is 17.4 Å². The average molecular weight is 238 g/mol. The molecule has 0 bridgehead atoms. The number of nitrogens with one attached hydrogen (secondary N) is 1. The molecule has 1 aromatic rings. The van der Waals surface area contributed by atoms with Crippen LogP contribution in [0.1, 0.15) is 27.2 Å². The zero-order valence-electron chi connectivity index (χ0n) is 10.4. The van der Waals surface area contributed by atoms with Crippen molar-refractivity contribution in [1.29, 1.82) is 0 Å². The standard InChI is InChI=1S/C13H22N2S/c1-4-16-12-7-5-11(6-8-12)15-13(2,3)9-10-14/h5-8,15H,4,9-10,14H2,1-3H3. The summed E-state index contributed by atoms with van der Waals surface area (Å²) in [5, 5.41) is 3.50. The minimum Gasteiger partial charge on any atom is -0.380 e. The highest BCUT2D eigenvalue weighted by atomic mass is 32.2. The molecule has 1 rings (SSSR count). The van der Waals surface area contributed by atoms with Crippen molar-refractivity contribution in [2.45, 2.75) is 37.6 Å². The van der Waals surface area contributed by atoms with Crippen molar-refractivity contribution < 1.29 is 0 Å². The lowest BCUT2D eigenvalue weighted by Gasteiger charge is -2.27. The van der Waals surface area contributed by atoms with E-state index in [4.69, 9.17) is 5.73 Å². The number of anilines is 1. The first-order chi connectivity index (χ1) is 7.57. The Kier molecular flexibility index (Phi) is 5.16. The molecule has 3 N–H and O–H groups in total. The van der Waals surface area contributed by atoms with Gasteiger partial charge >= 0.3 is 0 Å². The molecular formula is C13H22N2S. The minimum absolute atomic E-state index is 0.0637. The fourth-order valence-corrected chi connectivity index (χ4v) is 2.28. The molecule has 0 aromatic heterocycles. The van der Waals surface area contributed by atoms with Crippen molar-refractivity contribution in [1.82, 2.24) is 0 Å². The summed E-state index contributed by atoms with van der Waals surface area (Å²) in [6.45, 7) is 7.23. The highest BCUT2D eigenvalue weighted by Crippen LogP contribution is 2.22. The van der Waals surface area contributed by atoms with Gasteiger partial charge in [-0.05, 0) is 56.8 Å². The Balaban J connectivity index is 2.61. The molecule has 0 aliphatic carbocycles. The van der Waals surface area contributed by atoms with Crippen LogP contribution in [0.3, 0.4) is 0 Å². The maximum atomic E-state index is 5.59. The van der Waals surface area contributed by atoms with Crippen LogP contribution < -0.4 is 11.1 Å². The second-order valence-corrected chi connectivity index (χ2v) is 5.84. The van der Waals surface area contributed by atoms with Gasteiger partial charge in [0.2, 0.25) is 0 Å². The Morgan fingerprint density at radius 1 is 1.25 bits per heavy atom. The second-order valence-electron chi connectivity index (χ2n) is 4.50. The normalized spacial score (nSPS) is 11.5. The molecule has 0 amide bonds. The van der Waals surface area contributed by atoms with Gasteiger partial charge in [-0.1, -0.05) is 6.92 Å². The first-order valence-electron chi connectivity index (χ1n) is 5.78. The zero-order chi connectivity index (χ0) is 12.0. The number of benzene rings is 1. The van der Waals surface area contributed by atoms with E-state index in [1.807, 2.05) is 11.8 Å². The SMILES string of the molecule is CCSc1ccc(NC(C)(C)CCN)cc1. The molecule has 0 atom stereocenters. The Hall–Kier alpha value is -0.670. The monoisotopic (exact) mass is 238 g/mol. The molecule has 2 nitrogen and oxygen atoms in total. The molecular weight excluding hydrogens is 216 g/mol. The van der Waals surface area contributed by atoms with Crippen LogP contribution in [0.2, 0.25) is 0 Å². The Bertz CT molecular complexity index is 306. The van der Waals surface area contributed by atoms with Crippen molar-refractivity contribution in [2.24, 2.45) is 5.73 Å². The molecule has 1 aromatic carbocycles. The molecule has 0 saturated heterocycles. The first kappa shape index (κ1) is 13.4. The summed E-state index contributed by atoms with van der Waals surface area (Å²) >= 11 is 1.86. The van der Waals surface area contributed by atoms with Gasteiger partial charge in [0.15, 0.2) is 0 Å². The van der Waals surface area contributed by atoms with Crippen LogP contribution in [0.5, 0.6) is 0 Å². The van der Waals surface area contributed by atoms with Gasteiger partial charge in [-0.3, -0.25) is 0 Å². The van der Waals surface area contributed by atoms with E-state index in [0.717, 1.165) is 12.2 Å². The molecule has 0 radical (unpaired) electrons. The van der Waals surface area contributed by atoms with Crippen LogP contribution in [-0.4, -0.2) is 17.8 Å². The van der Waals surface area contributed by atoms with Crippen LogP contribution >= 0.6 is 11.8 Å². The lowest BCUT2D eigenvalue weighted by atomic mass is 10.0. The third-order valence-electron chi connectivity index (χ3n) is 2.42. The number of hydrogen-bond acceptors (Lipinski definition) is 3. The zero-order valence-corrected chi connectivity index (χ0v) is 11.2. The second kappa shape index (κ2) is 6.16. The van der Waals surface area contributed by atoms with E-state index in [2.05, 4.69) is 50.4 Å². The van der Waals surface area contributed by atoms with Gasteiger partial charge in [0.1, 0.15) is 0 Å². The quantitative estimate of drug-likeness (QED) is 0.747. The van der Waals surface area contributed by atoms with Crippen LogP contribution in [-0.2, 0) is 0 Å². The third kappa shape index (κ3) is 4.45. The summed E-state index contributed by atoms with van der Waals surface area (Å²) in [5.74, 6) is 1.12. The van der Waals surface area contributed by atoms with Crippen molar-refractivity contribution in [2.75, 3.05) is 17.6 Å². The first-order valence-corrected chi connectivity index (χ1v) is 6.77. The summed E-state index contributed by atoms with van der Waals surface area (Å²) in [6.07, 6.45) is 0.971. The summed E-state index contributed by atoms with van der Waals surface area (Å²) in [6, 6.07) is 8.59. The van der Waals surface area contributed by atoms with Crippen LogP contribution in [0.4, 0.5) is 5.69 Å². The van der Waals surface area contributed by atoms with Crippen LogP contribution in [0, 0.1) is 0 Å². The molecule has 0 aliphatic rings. The van der Waals surface area contributed by atoms with Crippen LogP contribution in [0.25, 0.3) is 0 Å². The van der Waals surface area contributed by atoms with Gasteiger partial charge in [-0.25, -0.2) is 0 Å². The summed E-state index contributed by atoms with van der Waals surface area (Å²) in [4.78, 5) is 1.32. The van der Waals surface area contributed by atoms with Gasteiger partial charge in [0.05, 0.1) is 0 Å². The lowest BCUT2D eigenvalue weighted by Crippen LogP contribution is -2.33. The highest BCUT2D eigenvalue weighted by Gasteiger charge is 2.15. The molecule has 16 heavy (non-hydrogen) atoms. The topological polar surface area (TPSA) is 38.0 Å². The Morgan fingerprint density at radius 2 is 1.88 bits per heavy atom. The molecule has 0 saturated carbocycles. The molecule has 3 heteroatoms. The van der Waals surface area contributed by atoms with E-state index in [1.165, 1.54) is 10.6 Å². The van der Waals surface area contributed by atoms with Gasteiger partial charge in [-0.2, -0.15) is 0 Å². The van der Waals surface area contributed by atoms with E-state index < -0.39 is 0 Å². The summed E-state index contributed by atoms with van der Waals surface area (Å²) < 4.78 is 0. The smallest absolute Gasteiger partial charge is 0.0345 e. The molecule has 0 heterocycles. The van der Waals surface area contributed by atoms with Gasteiger partial charge in [-0.15, -0.1) is 11.8 Å². The third-order valence-corrected chi connectivity index (χ3v) is 3.31. The lowest BCUT2D eigenvalue weighted by molar-refractivity contribution is 0.526. The van der Waals surface area contributed by atoms with E-state index >= 15 is 0 Å². The summed E-state index contributed by atoms with van der Waals surface area (Å²) in [7, 11) is 0. The fourth-order valence-electron chi connectivity index (χ4n) is 1.62. The predicted molar refractivity (Wildman–Crippen MR) is 74.2 cm³/mol. The molecule has 0 unspecified atom stereocenters. The summed E-state index contributed by atoms with van der Waals surface area (Å²) in [5.41, 5.74) is 6.82. The maximum Gasteiger partial charge on any atom is 0.0345 e. The minimum atomic E-state index is 0.0637. The van der Waals surface area contributed by atoms with Crippen molar-refractivity contribution in [3.05, 3.63) is 24.3 Å². The molecule has 0 aliphatic heterocycles. The number of nitrogens with two attached hydrogens (primary N) is 1. The van der Waals surface area contributed by atoms with Gasteiger partial charge < -0.3 is 11.1 Å². The average Bonchev–Trinajstić information content (AvgIpc) is 2.21. The molecule has 0 spiro atoms. The van der Waals surface area contributed by atoms with Crippen molar-refractivity contribution in [3.63, 3.8) is 0 Å². The Labute approximate surface area is 103 Å². The van der Waals surface area contributed by atoms with Crippen LogP contribution in [0.15, 0.2) is 29.2 Å². The van der Waals surface area contributed by atoms with E-state index in [9.17, 15) is 0 Å². The number of hydrogen-bond donors (Lipinski definition) is 2. The van der Waals surface area contributed by atoms with Crippen molar-refractivity contribution in [3.8, 4) is 0 Å². The van der Waals surface area contributed by atoms with E-state index in [0.29, 0.717) is 6.54 Å². The highest BCUT2D eigenvalue weighted by molar-refractivity contribution is 7.99. The maximum absolute atomic E-state index is 5.59. The Morgan fingerprint density at radius 3 is 2.38 bits per heavy atom. The van der Waals surface area contributed by atoms with Gasteiger partial charge in [0, 0.05) is 16.1 Å².